The van der Waals surface area contributed by atoms with E-state index < -0.39 is 0 Å². The lowest BCUT2D eigenvalue weighted by atomic mass is 9.97. The predicted octanol–water partition coefficient (Wildman–Crippen LogP) is 2.24. The molecule has 2 N–H and O–H groups in total. The molecule has 0 aliphatic carbocycles. The zero-order chi connectivity index (χ0) is 12.5. The predicted molar refractivity (Wildman–Crippen MR) is 73.3 cm³/mol. The number of amidine groups is 1. The van der Waals surface area contributed by atoms with Crippen LogP contribution in [0.4, 0.5) is 0 Å². The number of hydrogen-bond acceptors (Lipinski definition) is 4. The normalized spacial score (nSPS) is 18.1. The number of nitrogens with zero attached hydrogens (tertiary/aromatic N) is 3. The van der Waals surface area contributed by atoms with Crippen LogP contribution in [0.25, 0.3) is 0 Å². The van der Waals surface area contributed by atoms with Gasteiger partial charge in [0, 0.05) is 17.1 Å². The summed E-state index contributed by atoms with van der Waals surface area (Å²) in [5.41, 5.74) is 8.92. The summed E-state index contributed by atoms with van der Waals surface area (Å²) < 4.78 is 1.04. The van der Waals surface area contributed by atoms with Crippen LogP contribution in [0.15, 0.2) is 46.3 Å². The summed E-state index contributed by atoms with van der Waals surface area (Å²) in [4.78, 5) is 12.8. The number of aromatic nitrogens is 2. The van der Waals surface area contributed by atoms with Crippen LogP contribution in [0.1, 0.15) is 22.9 Å². The highest BCUT2D eigenvalue weighted by Gasteiger charge is 2.21. The second-order valence-corrected chi connectivity index (χ2v) is 5.09. The standard InChI is InChI=1S/C13H11BrN4/c14-9-3-1-2-8(4-9)11-5-12-10(13(15)18-11)6-16-7-17-12/h1-4,6-7,11H,5H2,(H2,15,18)/t11-/m0/s1. The summed E-state index contributed by atoms with van der Waals surface area (Å²) >= 11 is 3.47. The molecule has 0 saturated carbocycles. The van der Waals surface area contributed by atoms with Crippen LogP contribution in [-0.2, 0) is 6.42 Å². The van der Waals surface area contributed by atoms with Gasteiger partial charge in [0.05, 0.1) is 17.3 Å². The molecule has 2 aromatic rings. The number of halogens is 1. The number of nitrogens with two attached hydrogens (primary N) is 1. The molecule has 90 valence electrons. The van der Waals surface area contributed by atoms with Gasteiger partial charge in [0.15, 0.2) is 0 Å². The highest BCUT2D eigenvalue weighted by Crippen LogP contribution is 2.28. The van der Waals surface area contributed by atoms with E-state index in [1.807, 2.05) is 12.1 Å². The van der Waals surface area contributed by atoms with Crippen molar-refractivity contribution < 1.29 is 0 Å². The topological polar surface area (TPSA) is 64.2 Å². The van der Waals surface area contributed by atoms with Gasteiger partial charge in [-0.25, -0.2) is 9.97 Å². The van der Waals surface area contributed by atoms with E-state index in [1.54, 1.807) is 12.5 Å². The lowest BCUT2D eigenvalue weighted by molar-refractivity contribution is 0.690. The average Bonchev–Trinajstić information content (AvgIpc) is 2.39. The van der Waals surface area contributed by atoms with Gasteiger partial charge in [0.1, 0.15) is 12.2 Å². The second kappa shape index (κ2) is 4.49. The first kappa shape index (κ1) is 11.3. The van der Waals surface area contributed by atoms with E-state index in [2.05, 4.69) is 43.0 Å². The van der Waals surface area contributed by atoms with E-state index in [1.165, 1.54) is 0 Å². The summed E-state index contributed by atoms with van der Waals surface area (Å²) in [5.74, 6) is 0.516. The van der Waals surface area contributed by atoms with Gasteiger partial charge in [-0.3, -0.25) is 4.99 Å². The van der Waals surface area contributed by atoms with Crippen molar-refractivity contribution in [2.24, 2.45) is 10.7 Å². The molecule has 0 bridgehead atoms. The Kier molecular flexibility index (Phi) is 2.83. The smallest absolute Gasteiger partial charge is 0.129 e. The van der Waals surface area contributed by atoms with E-state index in [0.717, 1.165) is 27.7 Å². The monoisotopic (exact) mass is 302 g/mol. The van der Waals surface area contributed by atoms with Crippen molar-refractivity contribution in [3.63, 3.8) is 0 Å². The third kappa shape index (κ3) is 2.01. The first-order valence-electron chi connectivity index (χ1n) is 5.62. The number of rotatable bonds is 1. The molecule has 3 rings (SSSR count). The molecule has 0 saturated heterocycles. The summed E-state index contributed by atoms with van der Waals surface area (Å²) in [7, 11) is 0. The van der Waals surface area contributed by atoms with E-state index in [-0.39, 0.29) is 6.04 Å². The van der Waals surface area contributed by atoms with Gasteiger partial charge >= 0.3 is 0 Å². The fraction of sp³-hybridized carbons (Fsp3) is 0.154. The zero-order valence-corrected chi connectivity index (χ0v) is 11.1. The maximum absolute atomic E-state index is 5.97. The molecule has 1 aromatic heterocycles. The Morgan fingerprint density at radius 3 is 3.06 bits per heavy atom. The van der Waals surface area contributed by atoms with Crippen LogP contribution in [0.2, 0.25) is 0 Å². The first-order valence-corrected chi connectivity index (χ1v) is 6.41. The number of benzene rings is 1. The zero-order valence-electron chi connectivity index (χ0n) is 9.55. The van der Waals surface area contributed by atoms with Crippen molar-refractivity contribution in [2.45, 2.75) is 12.5 Å². The summed E-state index contributed by atoms with van der Waals surface area (Å²) in [6, 6.07) is 8.15. The maximum atomic E-state index is 5.97. The van der Waals surface area contributed by atoms with Crippen LogP contribution < -0.4 is 5.73 Å². The Bertz CT molecular complexity index is 624. The largest absolute Gasteiger partial charge is 0.383 e. The summed E-state index contributed by atoms with van der Waals surface area (Å²) in [5, 5.41) is 0. The highest BCUT2D eigenvalue weighted by molar-refractivity contribution is 9.10. The van der Waals surface area contributed by atoms with E-state index in [9.17, 15) is 0 Å². The van der Waals surface area contributed by atoms with Gasteiger partial charge in [-0.2, -0.15) is 0 Å². The SMILES string of the molecule is NC1=N[C@H](c2cccc(Br)c2)Cc2ncncc21. The van der Waals surface area contributed by atoms with Gasteiger partial charge in [-0.15, -0.1) is 0 Å². The molecule has 0 amide bonds. The Labute approximate surface area is 113 Å². The quantitative estimate of drug-likeness (QED) is 0.878. The fourth-order valence-corrected chi connectivity index (χ4v) is 2.52. The molecular formula is C13H11BrN4. The Morgan fingerprint density at radius 1 is 1.33 bits per heavy atom. The lowest BCUT2D eigenvalue weighted by Gasteiger charge is -2.20. The van der Waals surface area contributed by atoms with Crippen LogP contribution in [0.3, 0.4) is 0 Å². The molecule has 1 aliphatic heterocycles. The molecule has 1 atom stereocenters. The van der Waals surface area contributed by atoms with Crippen molar-refractivity contribution in [1.29, 1.82) is 0 Å². The van der Waals surface area contributed by atoms with Crippen LogP contribution in [0.5, 0.6) is 0 Å². The maximum Gasteiger partial charge on any atom is 0.129 e. The molecule has 2 heterocycles. The van der Waals surface area contributed by atoms with Crippen LogP contribution in [0, 0.1) is 0 Å². The third-order valence-corrected chi connectivity index (χ3v) is 3.48. The van der Waals surface area contributed by atoms with Crippen molar-refractivity contribution in [3.8, 4) is 0 Å². The lowest BCUT2D eigenvalue weighted by Crippen LogP contribution is -2.24. The Morgan fingerprint density at radius 2 is 2.22 bits per heavy atom. The minimum atomic E-state index is 0.0323. The van der Waals surface area contributed by atoms with E-state index >= 15 is 0 Å². The fourth-order valence-electron chi connectivity index (χ4n) is 2.10. The molecule has 0 unspecified atom stereocenters. The van der Waals surface area contributed by atoms with Gasteiger partial charge in [-0.1, -0.05) is 28.1 Å². The highest BCUT2D eigenvalue weighted by atomic mass is 79.9. The van der Waals surface area contributed by atoms with Crippen LogP contribution >= 0.6 is 15.9 Å². The van der Waals surface area contributed by atoms with E-state index in [4.69, 9.17) is 5.73 Å². The summed E-state index contributed by atoms with van der Waals surface area (Å²) in [6.07, 6.45) is 4.03. The molecule has 0 spiro atoms. The van der Waals surface area contributed by atoms with Crippen LogP contribution in [-0.4, -0.2) is 15.8 Å². The first-order chi connectivity index (χ1) is 8.74. The van der Waals surface area contributed by atoms with Crippen molar-refractivity contribution in [1.82, 2.24) is 9.97 Å². The minimum absolute atomic E-state index is 0.0323. The van der Waals surface area contributed by atoms with Gasteiger partial charge in [-0.05, 0) is 17.7 Å². The van der Waals surface area contributed by atoms with Crippen molar-refractivity contribution in [3.05, 3.63) is 58.1 Å². The molecule has 1 aliphatic rings. The number of aliphatic imine (C=N–C) groups is 1. The van der Waals surface area contributed by atoms with Crippen molar-refractivity contribution in [2.75, 3.05) is 0 Å². The van der Waals surface area contributed by atoms with Gasteiger partial charge in [0.2, 0.25) is 0 Å². The Hall–Kier alpha value is -1.75. The molecule has 5 heteroatoms. The average molecular weight is 303 g/mol. The van der Waals surface area contributed by atoms with Crippen molar-refractivity contribution >= 4 is 21.8 Å². The number of hydrogen-bond donors (Lipinski definition) is 1. The Balaban J connectivity index is 2.02. The molecule has 18 heavy (non-hydrogen) atoms. The molecule has 4 nitrogen and oxygen atoms in total. The number of fused-ring (bicyclic) bond motifs is 1. The third-order valence-electron chi connectivity index (χ3n) is 2.99. The summed E-state index contributed by atoms with van der Waals surface area (Å²) in [6.45, 7) is 0. The molecule has 0 fully saturated rings. The minimum Gasteiger partial charge on any atom is -0.383 e. The molecule has 1 aromatic carbocycles. The molecule has 0 radical (unpaired) electrons. The van der Waals surface area contributed by atoms with Gasteiger partial charge < -0.3 is 5.73 Å². The van der Waals surface area contributed by atoms with E-state index in [0.29, 0.717) is 5.84 Å². The molecular weight excluding hydrogens is 292 g/mol. The second-order valence-electron chi connectivity index (χ2n) is 4.17. The van der Waals surface area contributed by atoms with Gasteiger partial charge in [0.25, 0.3) is 0 Å².